The van der Waals surface area contributed by atoms with Gasteiger partial charge >= 0.3 is 16.5 Å². The fourth-order valence-corrected chi connectivity index (χ4v) is 2.71. The van der Waals surface area contributed by atoms with Crippen molar-refractivity contribution in [2.75, 3.05) is 0 Å². The first-order valence-corrected chi connectivity index (χ1v) is 8.98. The molecule has 0 N–H and O–H groups in total. The lowest BCUT2D eigenvalue weighted by atomic mass is 10.1. The molecule has 0 aliphatic rings. The van der Waals surface area contributed by atoms with Gasteiger partial charge in [-0.25, -0.2) is 0 Å². The summed E-state index contributed by atoms with van der Waals surface area (Å²) < 4.78 is 31.8. The average Bonchev–Trinajstić information content (AvgIpc) is 2.52. The fourth-order valence-electron chi connectivity index (χ4n) is 2.38. The zero-order valence-corrected chi connectivity index (χ0v) is 15.6. The molecule has 138 valence electrons. The Bertz CT molecular complexity index is 978. The molecule has 0 radical (unpaired) electrons. The van der Waals surface area contributed by atoms with Gasteiger partial charge in [-0.15, -0.1) is 4.36 Å². The highest BCUT2D eigenvalue weighted by Gasteiger charge is 2.18. The number of carbonyl (C=O) groups excluding carboxylic acids is 1. The summed E-state index contributed by atoms with van der Waals surface area (Å²) in [4.78, 5) is 24.8. The maximum absolute atomic E-state index is 12.8. The molecule has 0 bridgehead atoms. The topological polar surface area (TPSA) is 94.8 Å². The lowest BCUT2D eigenvalue weighted by Gasteiger charge is -2.20. The van der Waals surface area contributed by atoms with E-state index in [1.165, 1.54) is 16.8 Å². The Balaban J connectivity index is 2.44. The van der Waals surface area contributed by atoms with Crippen molar-refractivity contribution in [2.45, 2.75) is 39.3 Å². The van der Waals surface area contributed by atoms with Crippen molar-refractivity contribution < 1.29 is 17.9 Å². The average molecular weight is 376 g/mol. The summed E-state index contributed by atoms with van der Waals surface area (Å²) in [7, 11) is -2.69. The maximum atomic E-state index is 12.8. The molecular formula is C18H20N2O5S. The van der Waals surface area contributed by atoms with Crippen LogP contribution in [-0.2, 0) is 33.0 Å². The summed E-state index contributed by atoms with van der Waals surface area (Å²) >= 11 is 0. The van der Waals surface area contributed by atoms with Crippen molar-refractivity contribution in [1.29, 1.82) is 0 Å². The number of ether oxygens (including phenoxy) is 1. The highest BCUT2D eigenvalue weighted by atomic mass is 32.2. The molecule has 0 atom stereocenters. The number of nitrogens with zero attached hydrogens (tertiary/aromatic N) is 2. The van der Waals surface area contributed by atoms with E-state index < -0.39 is 27.6 Å². The zero-order valence-electron chi connectivity index (χ0n) is 14.8. The molecule has 26 heavy (non-hydrogen) atoms. The molecule has 0 saturated carbocycles. The van der Waals surface area contributed by atoms with Crippen LogP contribution in [0.5, 0.6) is 0 Å². The van der Waals surface area contributed by atoms with Crippen molar-refractivity contribution in [3.63, 3.8) is 0 Å². The molecule has 0 spiro atoms. The quantitative estimate of drug-likeness (QED) is 0.747. The van der Waals surface area contributed by atoms with Gasteiger partial charge in [-0.1, -0.05) is 30.3 Å². The van der Waals surface area contributed by atoms with Crippen molar-refractivity contribution in [1.82, 2.24) is 4.57 Å². The number of aromatic nitrogens is 1. The molecule has 1 aromatic heterocycles. The lowest BCUT2D eigenvalue weighted by molar-refractivity contribution is -0.155. The SMILES string of the molecule is CC(C)(C)OC(=O)Cn1ccc(N=S(=O)=O)c(Cc2ccccc2)c1=O. The van der Waals surface area contributed by atoms with E-state index >= 15 is 0 Å². The van der Waals surface area contributed by atoms with Gasteiger partial charge < -0.3 is 9.30 Å². The molecule has 8 heteroatoms. The van der Waals surface area contributed by atoms with Crippen LogP contribution in [0.25, 0.3) is 0 Å². The molecule has 2 rings (SSSR count). The first-order chi connectivity index (χ1) is 12.2. The van der Waals surface area contributed by atoms with Crippen LogP contribution in [0, 0.1) is 0 Å². The van der Waals surface area contributed by atoms with Crippen LogP contribution in [0.15, 0.2) is 51.8 Å². The van der Waals surface area contributed by atoms with Crippen molar-refractivity contribution in [2.24, 2.45) is 4.36 Å². The van der Waals surface area contributed by atoms with Gasteiger partial charge in [0.1, 0.15) is 12.1 Å². The summed E-state index contributed by atoms with van der Waals surface area (Å²) in [6, 6.07) is 10.5. The molecule has 7 nitrogen and oxygen atoms in total. The van der Waals surface area contributed by atoms with E-state index in [1.54, 1.807) is 20.8 Å². The second-order valence-corrected chi connectivity index (χ2v) is 7.29. The Kier molecular flexibility index (Phi) is 6.10. The van der Waals surface area contributed by atoms with E-state index in [0.29, 0.717) is 0 Å². The number of hydrogen-bond donors (Lipinski definition) is 0. The second-order valence-electron chi connectivity index (χ2n) is 6.67. The molecule has 0 fully saturated rings. The number of carbonyl (C=O) groups is 1. The minimum Gasteiger partial charge on any atom is -0.459 e. The monoisotopic (exact) mass is 376 g/mol. The summed E-state index contributed by atoms with van der Waals surface area (Å²) in [5.41, 5.74) is -0.0549. The van der Waals surface area contributed by atoms with Crippen LogP contribution in [0.2, 0.25) is 0 Å². The van der Waals surface area contributed by atoms with Crippen LogP contribution in [0.4, 0.5) is 5.69 Å². The van der Waals surface area contributed by atoms with Crippen molar-refractivity contribution >= 4 is 22.2 Å². The number of hydrogen-bond acceptors (Lipinski definition) is 6. The van der Waals surface area contributed by atoms with Crippen LogP contribution >= 0.6 is 0 Å². The molecule has 0 saturated heterocycles. The third kappa shape index (κ3) is 5.66. The predicted octanol–water partition coefficient (Wildman–Crippen LogP) is 2.48. The van der Waals surface area contributed by atoms with Gasteiger partial charge in [0.25, 0.3) is 5.56 Å². The Labute approximate surface area is 153 Å². The normalized spacial score (nSPS) is 11.0. The van der Waals surface area contributed by atoms with E-state index in [2.05, 4.69) is 4.36 Å². The van der Waals surface area contributed by atoms with E-state index in [-0.39, 0.29) is 24.2 Å². The smallest absolute Gasteiger partial charge is 0.326 e. The predicted molar refractivity (Wildman–Crippen MR) is 96.8 cm³/mol. The van der Waals surface area contributed by atoms with Gasteiger partial charge in [0.15, 0.2) is 0 Å². The second kappa shape index (κ2) is 8.09. The first-order valence-electron chi connectivity index (χ1n) is 7.95. The molecule has 0 unspecified atom stereocenters. The molecule has 0 amide bonds. The van der Waals surface area contributed by atoms with Crippen LogP contribution in [-0.4, -0.2) is 24.6 Å². The number of pyridine rings is 1. The zero-order chi connectivity index (χ0) is 19.3. The Hall–Kier alpha value is -2.74. The Morgan fingerprint density at radius 3 is 2.38 bits per heavy atom. The highest BCUT2D eigenvalue weighted by molar-refractivity contribution is 7.61. The third-order valence-electron chi connectivity index (χ3n) is 3.36. The third-order valence-corrected chi connectivity index (χ3v) is 3.70. The van der Waals surface area contributed by atoms with E-state index in [1.807, 2.05) is 30.3 Å². The summed E-state index contributed by atoms with van der Waals surface area (Å²) in [5.74, 6) is -0.553. The molecule has 0 aliphatic carbocycles. The van der Waals surface area contributed by atoms with Gasteiger partial charge in [0.2, 0.25) is 0 Å². The van der Waals surface area contributed by atoms with Crippen LogP contribution < -0.4 is 5.56 Å². The molecular weight excluding hydrogens is 356 g/mol. The standard InChI is InChI=1S/C18H20N2O5S/c1-18(2,3)25-16(21)12-20-10-9-15(19-26(23)24)14(17(20)22)11-13-7-5-4-6-8-13/h4-10H,11-12H2,1-3H3. The van der Waals surface area contributed by atoms with E-state index in [4.69, 9.17) is 4.74 Å². The lowest BCUT2D eigenvalue weighted by Crippen LogP contribution is -2.31. The van der Waals surface area contributed by atoms with E-state index in [9.17, 15) is 18.0 Å². The number of benzene rings is 1. The molecule has 2 aromatic rings. The first kappa shape index (κ1) is 19.6. The minimum absolute atomic E-state index is 0.0626. The Morgan fingerprint density at radius 2 is 1.81 bits per heavy atom. The Morgan fingerprint density at radius 1 is 1.15 bits per heavy atom. The fraction of sp³-hybridized carbons (Fsp3) is 0.333. The minimum atomic E-state index is -2.69. The highest BCUT2D eigenvalue weighted by Crippen LogP contribution is 2.19. The molecule has 1 aromatic carbocycles. The number of esters is 1. The largest absolute Gasteiger partial charge is 0.459 e. The van der Waals surface area contributed by atoms with Gasteiger partial charge in [-0.2, -0.15) is 8.42 Å². The summed E-state index contributed by atoms with van der Waals surface area (Å²) in [6.45, 7) is 4.94. The van der Waals surface area contributed by atoms with Gasteiger partial charge in [0, 0.05) is 18.2 Å². The van der Waals surface area contributed by atoms with Gasteiger partial charge in [-0.05, 0) is 32.4 Å². The van der Waals surface area contributed by atoms with Crippen LogP contribution in [0.3, 0.4) is 0 Å². The van der Waals surface area contributed by atoms with E-state index in [0.717, 1.165) is 5.56 Å². The maximum Gasteiger partial charge on any atom is 0.326 e. The van der Waals surface area contributed by atoms with Gasteiger partial charge in [-0.3, -0.25) is 9.59 Å². The molecule has 0 aliphatic heterocycles. The van der Waals surface area contributed by atoms with Crippen molar-refractivity contribution in [3.05, 3.63) is 64.1 Å². The molecule has 1 heterocycles. The summed E-state index contributed by atoms with van der Waals surface area (Å²) in [5, 5.41) is 0. The number of rotatable bonds is 5. The van der Waals surface area contributed by atoms with Gasteiger partial charge in [0.05, 0.1) is 5.69 Å². The summed E-state index contributed by atoms with van der Waals surface area (Å²) in [6.07, 6.45) is 1.54. The van der Waals surface area contributed by atoms with Crippen LogP contribution in [0.1, 0.15) is 31.9 Å². The van der Waals surface area contributed by atoms with Crippen molar-refractivity contribution in [3.8, 4) is 0 Å².